The van der Waals surface area contributed by atoms with Crippen LogP contribution in [0.4, 0.5) is 19.0 Å². The van der Waals surface area contributed by atoms with Crippen LogP contribution in [0.25, 0.3) is 11.1 Å². The number of nitrogens with one attached hydrogen (secondary N) is 1. The van der Waals surface area contributed by atoms with Crippen LogP contribution in [0.5, 0.6) is 0 Å². The molecular formula is C37H47ClF3N3O5S. The second kappa shape index (κ2) is 15.7. The minimum atomic E-state index is -4.26. The molecule has 274 valence electrons. The Morgan fingerprint density at radius 3 is 2.50 bits per heavy atom. The number of halogens is 4. The van der Waals surface area contributed by atoms with E-state index in [0.717, 1.165) is 44.1 Å². The summed E-state index contributed by atoms with van der Waals surface area (Å²) in [5.74, 6) is 1.03. The van der Waals surface area contributed by atoms with Crippen LogP contribution < -0.4 is 4.72 Å². The number of hydrogen-bond acceptors (Lipinski definition) is 6. The summed E-state index contributed by atoms with van der Waals surface area (Å²) in [4.78, 5) is 16.5. The van der Waals surface area contributed by atoms with Gasteiger partial charge < -0.3 is 14.2 Å². The molecule has 5 rings (SSSR count). The lowest BCUT2D eigenvalue weighted by Gasteiger charge is -2.39. The van der Waals surface area contributed by atoms with E-state index in [1.807, 2.05) is 36.9 Å². The molecule has 3 aromatic rings. The van der Waals surface area contributed by atoms with Crippen molar-refractivity contribution in [2.45, 2.75) is 116 Å². The van der Waals surface area contributed by atoms with Gasteiger partial charge in [0, 0.05) is 31.2 Å². The maximum absolute atomic E-state index is 14.7. The Bertz CT molecular complexity index is 1760. The molecule has 1 amide bonds. The number of carbonyl (C=O) groups is 1. The number of aryl methyl sites for hydroxylation is 1. The molecule has 0 aliphatic heterocycles. The van der Waals surface area contributed by atoms with Gasteiger partial charge in [0.1, 0.15) is 5.02 Å². The fourth-order valence-electron chi connectivity index (χ4n) is 7.66. The molecule has 1 heterocycles. The molecule has 0 bridgehead atoms. The van der Waals surface area contributed by atoms with E-state index in [0.29, 0.717) is 35.1 Å². The summed E-state index contributed by atoms with van der Waals surface area (Å²) >= 11 is 6.20. The zero-order valence-corrected chi connectivity index (χ0v) is 30.7. The maximum atomic E-state index is 14.7. The van der Waals surface area contributed by atoms with E-state index in [4.69, 9.17) is 20.9 Å². The van der Waals surface area contributed by atoms with Crippen molar-refractivity contribution in [2.75, 3.05) is 11.3 Å². The standard InChI is InChI=1S/C37H47ClF3N3O5S/c1-5-27-21-31(27)36(17-9-10-18-36)35(45)44(24(3)12-11-19-37(39,40)41)22-26-15-16-29(28(20-26)23-48-6-2)30-13-7-8-14-32(30)50(46,47)43-34-33(38)25(4)49-42-34/h7-8,13-16,20,24,27,31H,5-6,9-12,17-19,21-23H2,1-4H3,(H,42,43). The van der Waals surface area contributed by atoms with E-state index in [1.165, 1.54) is 6.07 Å². The molecule has 0 saturated heterocycles. The predicted molar refractivity (Wildman–Crippen MR) is 187 cm³/mol. The average molecular weight is 738 g/mol. The number of alkyl halides is 3. The Morgan fingerprint density at radius 1 is 1.16 bits per heavy atom. The lowest BCUT2D eigenvalue weighted by Crippen LogP contribution is -2.48. The number of hydrogen-bond donors (Lipinski definition) is 1. The Morgan fingerprint density at radius 2 is 1.88 bits per heavy atom. The number of amides is 1. The zero-order valence-electron chi connectivity index (χ0n) is 29.1. The van der Waals surface area contributed by atoms with Crippen LogP contribution in [0.3, 0.4) is 0 Å². The van der Waals surface area contributed by atoms with Crippen molar-refractivity contribution in [3.05, 3.63) is 64.4 Å². The Kier molecular flexibility index (Phi) is 11.9. The van der Waals surface area contributed by atoms with Crippen LogP contribution >= 0.6 is 11.6 Å². The van der Waals surface area contributed by atoms with Crippen molar-refractivity contribution in [3.63, 3.8) is 0 Å². The van der Waals surface area contributed by atoms with Gasteiger partial charge in [0.2, 0.25) is 11.7 Å². The monoisotopic (exact) mass is 737 g/mol. The second-order valence-electron chi connectivity index (χ2n) is 13.8. The smallest absolute Gasteiger partial charge is 0.377 e. The molecule has 0 radical (unpaired) electrons. The first-order valence-corrected chi connectivity index (χ1v) is 19.4. The number of anilines is 1. The number of carbonyl (C=O) groups excluding carboxylic acids is 1. The van der Waals surface area contributed by atoms with Gasteiger partial charge in [0.05, 0.1) is 16.9 Å². The molecule has 1 N–H and O–H groups in total. The average Bonchev–Trinajstić information content (AvgIpc) is 3.61. The number of aromatic nitrogens is 1. The molecule has 2 fully saturated rings. The molecule has 2 aliphatic rings. The van der Waals surface area contributed by atoms with Crippen molar-refractivity contribution < 1.29 is 35.6 Å². The van der Waals surface area contributed by atoms with Crippen molar-refractivity contribution in [1.29, 1.82) is 0 Å². The van der Waals surface area contributed by atoms with Crippen molar-refractivity contribution in [3.8, 4) is 11.1 Å². The molecule has 2 aliphatic carbocycles. The maximum Gasteiger partial charge on any atom is 0.389 e. The summed E-state index contributed by atoms with van der Waals surface area (Å²) in [5, 5.41) is 3.80. The summed E-state index contributed by atoms with van der Waals surface area (Å²) < 4.78 is 80.0. The van der Waals surface area contributed by atoms with Crippen LogP contribution in [-0.4, -0.2) is 43.2 Å². The second-order valence-corrected chi connectivity index (χ2v) is 15.8. The van der Waals surface area contributed by atoms with Crippen LogP contribution in [0.2, 0.25) is 5.02 Å². The zero-order chi connectivity index (χ0) is 36.3. The molecule has 50 heavy (non-hydrogen) atoms. The molecule has 3 atom stereocenters. The summed E-state index contributed by atoms with van der Waals surface area (Å²) in [5.41, 5.74) is 2.08. The van der Waals surface area contributed by atoms with E-state index in [2.05, 4.69) is 16.8 Å². The molecule has 1 aromatic heterocycles. The van der Waals surface area contributed by atoms with Gasteiger partial charge in [-0.25, -0.2) is 8.42 Å². The number of benzene rings is 2. The minimum Gasteiger partial charge on any atom is -0.377 e. The van der Waals surface area contributed by atoms with Gasteiger partial charge in [-0.2, -0.15) is 13.2 Å². The molecule has 0 spiro atoms. The van der Waals surface area contributed by atoms with Crippen molar-refractivity contribution in [1.82, 2.24) is 10.1 Å². The lowest BCUT2D eigenvalue weighted by molar-refractivity contribution is -0.147. The third kappa shape index (κ3) is 8.50. The normalized spacial score (nSPS) is 19.4. The van der Waals surface area contributed by atoms with Gasteiger partial charge in [0.15, 0.2) is 5.76 Å². The number of rotatable bonds is 16. The topological polar surface area (TPSA) is 102 Å². The summed E-state index contributed by atoms with van der Waals surface area (Å²) in [7, 11) is -4.17. The number of ether oxygens (including phenoxy) is 1. The third-order valence-electron chi connectivity index (χ3n) is 10.4. The van der Waals surface area contributed by atoms with Gasteiger partial charge in [-0.05, 0) is 87.5 Å². The van der Waals surface area contributed by atoms with Gasteiger partial charge in [-0.1, -0.05) is 79.3 Å². The van der Waals surface area contributed by atoms with E-state index >= 15 is 0 Å². The van der Waals surface area contributed by atoms with Gasteiger partial charge >= 0.3 is 6.18 Å². The Labute approximate surface area is 298 Å². The van der Waals surface area contributed by atoms with Gasteiger partial charge in [0.25, 0.3) is 10.0 Å². The third-order valence-corrected chi connectivity index (χ3v) is 12.3. The highest BCUT2D eigenvalue weighted by molar-refractivity contribution is 7.92. The van der Waals surface area contributed by atoms with Crippen molar-refractivity contribution in [2.24, 2.45) is 17.3 Å². The highest BCUT2D eigenvalue weighted by Crippen LogP contribution is 2.60. The number of sulfonamides is 1. The van der Waals surface area contributed by atoms with Crippen LogP contribution in [0, 0.1) is 24.2 Å². The lowest BCUT2D eigenvalue weighted by atomic mass is 9.77. The highest BCUT2D eigenvalue weighted by Gasteiger charge is 2.58. The van der Waals surface area contributed by atoms with Crippen molar-refractivity contribution >= 4 is 33.3 Å². The van der Waals surface area contributed by atoms with Crippen LogP contribution in [-0.2, 0) is 32.7 Å². The first kappa shape index (κ1) is 38.1. The molecule has 13 heteroatoms. The van der Waals surface area contributed by atoms with E-state index < -0.39 is 34.1 Å². The van der Waals surface area contributed by atoms with Gasteiger partial charge in [-0.3, -0.25) is 9.52 Å². The number of nitrogens with zero attached hydrogens (tertiary/aromatic N) is 2. The van der Waals surface area contributed by atoms with E-state index in [-0.39, 0.29) is 53.4 Å². The molecule has 2 aromatic carbocycles. The molecule has 8 nitrogen and oxygen atoms in total. The predicted octanol–water partition coefficient (Wildman–Crippen LogP) is 9.70. The SMILES string of the molecule is CCOCc1cc(CN(C(=O)C2(C3CC3CC)CCCC2)C(C)CCCC(F)(F)F)ccc1-c1ccccc1S(=O)(=O)Nc1noc(C)c1Cl. The largest absolute Gasteiger partial charge is 0.389 e. The first-order chi connectivity index (χ1) is 23.7. The summed E-state index contributed by atoms with van der Waals surface area (Å²) in [6, 6.07) is 11.7. The summed E-state index contributed by atoms with van der Waals surface area (Å²) in [6.07, 6.45) is 0.633. The molecule has 3 unspecified atom stereocenters. The fraction of sp³-hybridized carbons (Fsp3) is 0.568. The van der Waals surface area contributed by atoms with Crippen LogP contribution in [0.1, 0.15) is 95.4 Å². The molecule has 2 saturated carbocycles. The van der Waals surface area contributed by atoms with E-state index in [9.17, 15) is 26.4 Å². The van der Waals surface area contributed by atoms with Crippen LogP contribution in [0.15, 0.2) is 51.9 Å². The Balaban J connectivity index is 1.49. The summed E-state index contributed by atoms with van der Waals surface area (Å²) in [6.45, 7) is 8.26. The minimum absolute atomic E-state index is 0.00426. The first-order valence-electron chi connectivity index (χ1n) is 17.5. The van der Waals surface area contributed by atoms with E-state index in [1.54, 1.807) is 25.1 Å². The molecular weight excluding hydrogens is 691 g/mol. The fourth-order valence-corrected chi connectivity index (χ4v) is 9.06. The quantitative estimate of drug-likeness (QED) is 0.157. The van der Waals surface area contributed by atoms with Gasteiger partial charge in [-0.15, -0.1) is 0 Å². The highest BCUT2D eigenvalue weighted by atomic mass is 35.5. The Hall–Kier alpha value is -3.09.